The lowest BCUT2D eigenvalue weighted by Crippen LogP contribution is -2.53. The lowest BCUT2D eigenvalue weighted by molar-refractivity contribution is -0.140. The second-order valence-corrected chi connectivity index (χ2v) is 12.9. The van der Waals surface area contributed by atoms with Gasteiger partial charge in [-0.3, -0.25) is 13.9 Å². The highest BCUT2D eigenvalue weighted by Gasteiger charge is 2.34. The van der Waals surface area contributed by atoms with Crippen LogP contribution in [-0.2, 0) is 32.6 Å². The fraction of sp³-hybridized carbons (Fsp3) is 0.257. The summed E-state index contributed by atoms with van der Waals surface area (Å²) in [4.78, 5) is 29.5. The second-order valence-electron chi connectivity index (χ2n) is 11.0. The molecule has 8 nitrogen and oxygen atoms in total. The number of hydrogen-bond acceptors (Lipinski definition) is 5. The highest BCUT2D eigenvalue weighted by molar-refractivity contribution is 7.92. The monoisotopic (exact) mass is 631 g/mol. The minimum atomic E-state index is -4.31. The number of halogens is 1. The summed E-state index contributed by atoms with van der Waals surface area (Å²) in [5, 5.41) is 2.97. The Labute approximate surface area is 264 Å². The summed E-state index contributed by atoms with van der Waals surface area (Å²) in [6.45, 7) is 3.77. The average Bonchev–Trinajstić information content (AvgIpc) is 3.05. The minimum Gasteiger partial charge on any atom is -0.497 e. The van der Waals surface area contributed by atoms with E-state index in [9.17, 15) is 22.4 Å². The number of methoxy groups -OCH3 is 1. The first-order valence-corrected chi connectivity index (χ1v) is 16.1. The Hall–Kier alpha value is -4.70. The lowest BCUT2D eigenvalue weighted by atomic mass is 10.0. The summed E-state index contributed by atoms with van der Waals surface area (Å²) in [7, 11) is -2.77. The van der Waals surface area contributed by atoms with E-state index in [2.05, 4.69) is 5.32 Å². The Morgan fingerprint density at radius 1 is 0.844 bits per heavy atom. The molecule has 0 fully saturated rings. The van der Waals surface area contributed by atoms with E-state index in [1.807, 2.05) is 50.2 Å². The summed E-state index contributed by atoms with van der Waals surface area (Å²) in [6.07, 6.45) is 0.205. The van der Waals surface area contributed by atoms with Crippen LogP contribution in [0.5, 0.6) is 5.75 Å². The molecule has 0 aliphatic carbocycles. The largest absolute Gasteiger partial charge is 0.497 e. The van der Waals surface area contributed by atoms with Crippen molar-refractivity contribution in [1.82, 2.24) is 10.2 Å². The number of amides is 2. The van der Waals surface area contributed by atoms with E-state index < -0.39 is 34.3 Å². The van der Waals surface area contributed by atoms with Gasteiger partial charge in [-0.15, -0.1) is 0 Å². The van der Waals surface area contributed by atoms with E-state index in [0.29, 0.717) is 17.9 Å². The zero-order valence-corrected chi connectivity index (χ0v) is 26.4. The molecule has 0 radical (unpaired) electrons. The summed E-state index contributed by atoms with van der Waals surface area (Å²) < 4.78 is 48.0. The van der Waals surface area contributed by atoms with Crippen molar-refractivity contribution in [3.63, 3.8) is 0 Å². The molecule has 0 unspecified atom stereocenters. The number of para-hydroxylation sites is 1. The Morgan fingerprint density at radius 3 is 2.09 bits per heavy atom. The van der Waals surface area contributed by atoms with Crippen molar-refractivity contribution in [1.29, 1.82) is 0 Å². The summed E-state index contributed by atoms with van der Waals surface area (Å²) in [5.74, 6) is -0.779. The molecule has 4 aromatic carbocycles. The van der Waals surface area contributed by atoms with Crippen LogP contribution in [0, 0.1) is 11.7 Å². The molecular formula is C35H38FN3O5S. The zero-order chi connectivity index (χ0) is 32.4. The van der Waals surface area contributed by atoms with Crippen LogP contribution in [0.4, 0.5) is 10.1 Å². The van der Waals surface area contributed by atoms with Gasteiger partial charge in [-0.1, -0.05) is 74.5 Å². The molecule has 10 heteroatoms. The number of hydrogen-bond donors (Lipinski definition) is 1. The smallest absolute Gasteiger partial charge is 0.264 e. The van der Waals surface area contributed by atoms with Crippen LogP contribution in [0.1, 0.15) is 25.0 Å². The third-order valence-corrected chi connectivity index (χ3v) is 8.96. The number of carbonyl (C=O) groups is 2. The maximum atomic E-state index is 14.4. The summed E-state index contributed by atoms with van der Waals surface area (Å²) in [6, 6.07) is 28.2. The molecule has 0 bridgehead atoms. The maximum absolute atomic E-state index is 14.4. The molecule has 0 saturated heterocycles. The van der Waals surface area contributed by atoms with Crippen molar-refractivity contribution in [2.75, 3.05) is 24.5 Å². The summed E-state index contributed by atoms with van der Waals surface area (Å²) >= 11 is 0. The van der Waals surface area contributed by atoms with Gasteiger partial charge in [0.25, 0.3) is 10.0 Å². The standard InChI is InChI=1S/C35H38FN3O5S/c1-26(2)23-37-35(41)33(22-27-11-6-4-7-12-27)38(24-28-13-10-16-31(21-28)44-3)34(40)25-39(30-14-8-5-9-15-30)45(42,43)32-19-17-29(36)18-20-32/h4-21,26,33H,22-25H2,1-3H3,(H,37,41)/t33-/m0/s1. The molecule has 4 rings (SSSR count). The van der Waals surface area contributed by atoms with Gasteiger partial charge in [0.15, 0.2) is 0 Å². The maximum Gasteiger partial charge on any atom is 0.264 e. The predicted molar refractivity (Wildman–Crippen MR) is 173 cm³/mol. The molecular weight excluding hydrogens is 593 g/mol. The molecule has 0 aliphatic heterocycles. The quantitative estimate of drug-likeness (QED) is 0.200. The molecule has 0 saturated carbocycles. The average molecular weight is 632 g/mol. The number of sulfonamides is 1. The number of rotatable bonds is 14. The van der Waals surface area contributed by atoms with Gasteiger partial charge in [-0.25, -0.2) is 12.8 Å². The van der Waals surface area contributed by atoms with E-state index in [0.717, 1.165) is 34.1 Å². The molecule has 0 spiro atoms. The Morgan fingerprint density at radius 2 is 1.47 bits per heavy atom. The highest BCUT2D eigenvalue weighted by atomic mass is 32.2. The van der Waals surface area contributed by atoms with Crippen molar-refractivity contribution in [3.05, 3.63) is 126 Å². The van der Waals surface area contributed by atoms with Crippen molar-refractivity contribution in [2.45, 2.75) is 37.8 Å². The van der Waals surface area contributed by atoms with Gasteiger partial charge in [0, 0.05) is 19.5 Å². The fourth-order valence-corrected chi connectivity index (χ4v) is 6.21. The van der Waals surface area contributed by atoms with E-state index in [1.165, 1.54) is 12.0 Å². The van der Waals surface area contributed by atoms with E-state index in [-0.39, 0.29) is 35.4 Å². The zero-order valence-electron chi connectivity index (χ0n) is 25.6. The number of ether oxygens (including phenoxy) is 1. The van der Waals surface area contributed by atoms with Crippen LogP contribution in [0.2, 0.25) is 0 Å². The van der Waals surface area contributed by atoms with E-state index in [4.69, 9.17) is 4.74 Å². The molecule has 4 aromatic rings. The lowest BCUT2D eigenvalue weighted by Gasteiger charge is -2.34. The number of nitrogens with one attached hydrogen (secondary N) is 1. The van der Waals surface area contributed by atoms with Crippen LogP contribution in [0.15, 0.2) is 114 Å². The molecule has 0 aromatic heterocycles. The second kappa shape index (κ2) is 15.3. The topological polar surface area (TPSA) is 96.0 Å². The molecule has 1 N–H and O–H groups in total. The van der Waals surface area contributed by atoms with Gasteiger partial charge in [-0.2, -0.15) is 0 Å². The number of benzene rings is 4. The molecule has 0 heterocycles. The van der Waals surface area contributed by atoms with Crippen LogP contribution in [-0.4, -0.2) is 51.4 Å². The van der Waals surface area contributed by atoms with Crippen molar-refractivity contribution >= 4 is 27.5 Å². The first-order chi connectivity index (χ1) is 21.6. The molecule has 236 valence electrons. The van der Waals surface area contributed by atoms with Gasteiger partial charge in [0.1, 0.15) is 24.2 Å². The van der Waals surface area contributed by atoms with Crippen molar-refractivity contribution < 1.29 is 27.1 Å². The van der Waals surface area contributed by atoms with Gasteiger partial charge in [0.2, 0.25) is 11.8 Å². The van der Waals surface area contributed by atoms with Crippen molar-refractivity contribution in [2.24, 2.45) is 5.92 Å². The Balaban J connectivity index is 1.79. The molecule has 0 aliphatic rings. The minimum absolute atomic E-state index is 0.0157. The molecule has 1 atom stereocenters. The molecule has 2 amide bonds. The fourth-order valence-electron chi connectivity index (χ4n) is 4.80. The third kappa shape index (κ3) is 8.92. The van der Waals surface area contributed by atoms with Gasteiger partial charge >= 0.3 is 0 Å². The van der Waals surface area contributed by atoms with Gasteiger partial charge < -0.3 is 15.0 Å². The molecule has 45 heavy (non-hydrogen) atoms. The normalized spacial score (nSPS) is 11.9. The Bertz CT molecular complexity index is 1670. The van der Waals surface area contributed by atoms with Crippen LogP contribution >= 0.6 is 0 Å². The van der Waals surface area contributed by atoms with Gasteiger partial charge in [0.05, 0.1) is 17.7 Å². The third-order valence-electron chi connectivity index (χ3n) is 7.17. The predicted octanol–water partition coefficient (Wildman–Crippen LogP) is 5.44. The Kier molecular flexibility index (Phi) is 11.3. The van der Waals surface area contributed by atoms with E-state index in [1.54, 1.807) is 48.5 Å². The number of anilines is 1. The van der Waals surface area contributed by atoms with Crippen molar-refractivity contribution in [3.8, 4) is 5.75 Å². The SMILES string of the molecule is COc1cccc(CN(C(=O)CN(c2ccccc2)S(=O)(=O)c2ccc(F)cc2)[C@@H](Cc2ccccc2)C(=O)NCC(C)C)c1. The van der Waals surface area contributed by atoms with Crippen LogP contribution in [0.25, 0.3) is 0 Å². The van der Waals surface area contributed by atoms with Gasteiger partial charge in [-0.05, 0) is 65.6 Å². The number of carbonyl (C=O) groups excluding carboxylic acids is 2. The van der Waals surface area contributed by atoms with Crippen LogP contribution in [0.3, 0.4) is 0 Å². The summed E-state index contributed by atoms with van der Waals surface area (Å²) in [5.41, 5.74) is 1.79. The first-order valence-electron chi connectivity index (χ1n) is 14.7. The van der Waals surface area contributed by atoms with Crippen LogP contribution < -0.4 is 14.4 Å². The first kappa shape index (κ1) is 33.2. The highest BCUT2D eigenvalue weighted by Crippen LogP contribution is 2.25. The van der Waals surface area contributed by atoms with E-state index >= 15 is 0 Å². The number of nitrogens with zero attached hydrogens (tertiary/aromatic N) is 2.